The summed E-state index contributed by atoms with van der Waals surface area (Å²) in [6, 6.07) is 19.1. The van der Waals surface area contributed by atoms with Gasteiger partial charge in [0.1, 0.15) is 5.00 Å². The number of aromatic nitrogens is 1. The first-order valence-electron chi connectivity index (χ1n) is 13.3. The minimum Gasteiger partial charge on any atom is -0.462 e. The van der Waals surface area contributed by atoms with Crippen LogP contribution < -0.4 is 5.32 Å². The molecule has 4 aromatic rings. The Morgan fingerprint density at radius 2 is 1.84 bits per heavy atom. The summed E-state index contributed by atoms with van der Waals surface area (Å²) in [7, 11) is 0. The average Bonchev–Trinajstić information content (AvgIpc) is 3.51. The fourth-order valence-corrected chi connectivity index (χ4v) is 7.02. The van der Waals surface area contributed by atoms with E-state index in [1.165, 1.54) is 39.4 Å². The first kappa shape index (κ1) is 24.5. The molecule has 2 aromatic heterocycles. The van der Waals surface area contributed by atoms with Gasteiger partial charge in [-0.2, -0.15) is 0 Å². The van der Waals surface area contributed by atoms with Gasteiger partial charge in [-0.1, -0.05) is 35.9 Å². The Bertz CT molecular complexity index is 1500. The molecular weight excluding hydrogens is 494 g/mol. The molecule has 6 rings (SSSR count). The van der Waals surface area contributed by atoms with Crippen molar-refractivity contribution < 1.29 is 14.3 Å². The van der Waals surface area contributed by atoms with Crippen LogP contribution in [0.2, 0.25) is 0 Å². The molecule has 0 fully saturated rings. The number of nitrogens with zero attached hydrogens (tertiary/aromatic N) is 2. The molecule has 7 heteroatoms. The monoisotopic (exact) mass is 525 g/mol. The number of fused-ring (bicyclic) bond motifs is 5. The zero-order chi connectivity index (χ0) is 26.2. The summed E-state index contributed by atoms with van der Waals surface area (Å²) in [6.07, 6.45) is 6.70. The van der Waals surface area contributed by atoms with Crippen LogP contribution in [0.1, 0.15) is 69.0 Å². The van der Waals surface area contributed by atoms with Gasteiger partial charge in [-0.25, -0.2) is 9.59 Å². The quantitative estimate of drug-likeness (QED) is 0.291. The van der Waals surface area contributed by atoms with Crippen LogP contribution in [0, 0.1) is 6.92 Å². The number of urea groups is 1. The van der Waals surface area contributed by atoms with E-state index in [0.717, 1.165) is 24.1 Å². The van der Waals surface area contributed by atoms with Gasteiger partial charge in [0.05, 0.1) is 30.5 Å². The number of carbonyl (C=O) groups excluding carboxylic acids is 2. The van der Waals surface area contributed by atoms with Gasteiger partial charge in [0, 0.05) is 22.3 Å². The molecule has 1 aliphatic heterocycles. The lowest BCUT2D eigenvalue weighted by molar-refractivity contribution is 0.0526. The summed E-state index contributed by atoms with van der Waals surface area (Å²) in [6.45, 7) is 4.67. The van der Waals surface area contributed by atoms with Crippen LogP contribution in [0.3, 0.4) is 0 Å². The Labute approximate surface area is 226 Å². The molecule has 194 valence electrons. The summed E-state index contributed by atoms with van der Waals surface area (Å²) in [5.74, 6) is -0.400. The van der Waals surface area contributed by atoms with Crippen LogP contribution in [0.5, 0.6) is 0 Å². The average molecular weight is 526 g/mol. The first-order valence-corrected chi connectivity index (χ1v) is 14.1. The van der Waals surface area contributed by atoms with Crippen molar-refractivity contribution >= 4 is 29.0 Å². The van der Waals surface area contributed by atoms with Crippen LogP contribution in [0.15, 0.2) is 66.9 Å². The zero-order valence-electron chi connectivity index (χ0n) is 21.7. The molecule has 6 nitrogen and oxygen atoms in total. The maximum Gasteiger partial charge on any atom is 0.338 e. The number of thiophene rings is 1. The van der Waals surface area contributed by atoms with Gasteiger partial charge >= 0.3 is 12.0 Å². The maximum atomic E-state index is 14.1. The van der Waals surface area contributed by atoms with Crippen molar-refractivity contribution in [1.29, 1.82) is 0 Å². The predicted molar refractivity (Wildman–Crippen MR) is 150 cm³/mol. The Morgan fingerprint density at radius 3 is 2.66 bits per heavy atom. The number of esters is 1. The van der Waals surface area contributed by atoms with Crippen molar-refractivity contribution in [3.05, 3.63) is 105 Å². The maximum absolute atomic E-state index is 14.1. The lowest BCUT2D eigenvalue weighted by atomic mass is 9.95. The fourth-order valence-electron chi connectivity index (χ4n) is 5.62. The second-order valence-electron chi connectivity index (χ2n) is 9.97. The molecule has 38 heavy (non-hydrogen) atoms. The van der Waals surface area contributed by atoms with Crippen molar-refractivity contribution in [2.45, 2.75) is 52.1 Å². The minimum atomic E-state index is -0.400. The number of benzene rings is 2. The summed E-state index contributed by atoms with van der Waals surface area (Å²) < 4.78 is 7.44. The Kier molecular flexibility index (Phi) is 6.54. The summed E-state index contributed by atoms with van der Waals surface area (Å²) >= 11 is 1.88. The van der Waals surface area contributed by atoms with E-state index in [4.69, 9.17) is 4.74 Å². The van der Waals surface area contributed by atoms with Crippen LogP contribution in [0.25, 0.3) is 5.00 Å². The molecule has 1 N–H and O–H groups in total. The molecular formula is C31H31N3O3S. The number of carbonyl (C=O) groups is 2. The van der Waals surface area contributed by atoms with Gasteiger partial charge in [0.25, 0.3) is 0 Å². The molecule has 3 heterocycles. The molecule has 2 aromatic carbocycles. The normalized spacial score (nSPS) is 16.2. The highest BCUT2D eigenvalue weighted by Gasteiger charge is 2.36. The number of nitrogens with one attached hydrogen (secondary N) is 1. The van der Waals surface area contributed by atoms with Gasteiger partial charge in [-0.3, -0.25) is 0 Å². The topological polar surface area (TPSA) is 63.6 Å². The lowest BCUT2D eigenvalue weighted by Gasteiger charge is -2.31. The Morgan fingerprint density at radius 1 is 1.03 bits per heavy atom. The van der Waals surface area contributed by atoms with Crippen molar-refractivity contribution in [2.24, 2.45) is 0 Å². The highest BCUT2D eigenvalue weighted by atomic mass is 32.1. The van der Waals surface area contributed by atoms with Crippen LogP contribution in [0.4, 0.5) is 10.5 Å². The van der Waals surface area contributed by atoms with E-state index in [0.29, 0.717) is 24.4 Å². The summed E-state index contributed by atoms with van der Waals surface area (Å²) in [5, 5.41) is 4.32. The van der Waals surface area contributed by atoms with E-state index in [1.807, 2.05) is 16.2 Å². The van der Waals surface area contributed by atoms with Crippen molar-refractivity contribution in [2.75, 3.05) is 11.9 Å². The number of rotatable bonds is 4. The van der Waals surface area contributed by atoms with Crippen LogP contribution >= 0.6 is 11.3 Å². The van der Waals surface area contributed by atoms with Crippen LogP contribution in [-0.4, -0.2) is 28.1 Å². The molecule has 2 aliphatic rings. The van der Waals surface area contributed by atoms with Gasteiger partial charge in [-0.15, -0.1) is 11.3 Å². The molecule has 0 spiro atoms. The largest absolute Gasteiger partial charge is 0.462 e. The van der Waals surface area contributed by atoms with E-state index in [2.05, 4.69) is 59.4 Å². The van der Waals surface area contributed by atoms with E-state index < -0.39 is 5.97 Å². The molecule has 2 amide bonds. The second-order valence-corrected chi connectivity index (χ2v) is 11.1. The highest BCUT2D eigenvalue weighted by Crippen LogP contribution is 2.44. The molecule has 1 unspecified atom stereocenters. The molecule has 0 saturated heterocycles. The number of anilines is 1. The molecule has 1 aliphatic carbocycles. The van der Waals surface area contributed by atoms with Gasteiger partial charge in [-0.05, 0) is 81.0 Å². The zero-order valence-corrected chi connectivity index (χ0v) is 22.5. The third-order valence-corrected chi connectivity index (χ3v) is 8.79. The van der Waals surface area contributed by atoms with E-state index in [1.54, 1.807) is 31.2 Å². The number of hydrogen-bond donors (Lipinski definition) is 1. The fraction of sp³-hybridized carbons (Fsp3) is 0.290. The number of aryl methyl sites for hydroxylation is 2. The molecule has 0 radical (unpaired) electrons. The summed E-state index contributed by atoms with van der Waals surface area (Å²) in [5.41, 5.74) is 6.97. The van der Waals surface area contributed by atoms with Crippen molar-refractivity contribution in [1.82, 2.24) is 9.47 Å². The summed E-state index contributed by atoms with van der Waals surface area (Å²) in [4.78, 5) is 29.8. The predicted octanol–water partition coefficient (Wildman–Crippen LogP) is 7.04. The second kappa shape index (κ2) is 10.1. The third kappa shape index (κ3) is 4.41. The Balaban J connectivity index is 1.43. The van der Waals surface area contributed by atoms with Crippen molar-refractivity contribution in [3.63, 3.8) is 0 Å². The number of ether oxygens (including phenoxy) is 1. The SMILES string of the molecule is CCOC(=O)c1cccc(NC(=O)N2Cc3c(sc4c3CCCC4)-n3cccc3C2c2ccc(C)cc2)c1. The number of amides is 2. The number of hydrogen-bond acceptors (Lipinski definition) is 4. The minimum absolute atomic E-state index is 0.201. The van der Waals surface area contributed by atoms with Gasteiger partial charge in [0.2, 0.25) is 0 Å². The van der Waals surface area contributed by atoms with Gasteiger partial charge < -0.3 is 19.5 Å². The lowest BCUT2D eigenvalue weighted by Crippen LogP contribution is -2.38. The van der Waals surface area contributed by atoms with Crippen molar-refractivity contribution in [3.8, 4) is 5.00 Å². The molecule has 0 bridgehead atoms. The van der Waals surface area contributed by atoms with E-state index >= 15 is 0 Å². The standard InChI is InChI=1S/C31H31N3O3S/c1-3-37-30(35)22-8-6-9-23(18-22)32-31(36)34-19-25-24-10-4-5-12-27(24)38-29(25)33-17-7-11-26(33)28(34)21-15-13-20(2)14-16-21/h6-9,11,13-18,28H,3-5,10,12,19H2,1-2H3,(H,32,36). The first-order chi connectivity index (χ1) is 18.5. The Hall–Kier alpha value is -3.84. The van der Waals surface area contributed by atoms with E-state index in [9.17, 15) is 9.59 Å². The van der Waals surface area contributed by atoms with Crippen LogP contribution in [-0.2, 0) is 24.1 Å². The molecule has 1 atom stereocenters. The third-order valence-electron chi connectivity index (χ3n) is 7.46. The molecule has 0 saturated carbocycles. The highest BCUT2D eigenvalue weighted by molar-refractivity contribution is 7.15. The smallest absolute Gasteiger partial charge is 0.338 e. The van der Waals surface area contributed by atoms with Gasteiger partial charge in [0.15, 0.2) is 0 Å². The van der Waals surface area contributed by atoms with E-state index in [-0.39, 0.29) is 12.1 Å².